The van der Waals surface area contributed by atoms with Gasteiger partial charge >= 0.3 is 0 Å². The lowest BCUT2D eigenvalue weighted by atomic mass is 10.1. The molecule has 4 rings (SSSR count). The van der Waals surface area contributed by atoms with Crippen LogP contribution in [0.4, 0.5) is 5.69 Å². The zero-order valence-corrected chi connectivity index (χ0v) is 18.1. The van der Waals surface area contributed by atoms with Crippen molar-refractivity contribution in [2.45, 2.75) is 26.8 Å². The van der Waals surface area contributed by atoms with Crippen LogP contribution in [0.3, 0.4) is 0 Å². The van der Waals surface area contributed by atoms with E-state index >= 15 is 0 Å². The third-order valence-corrected chi connectivity index (χ3v) is 6.10. The van der Waals surface area contributed by atoms with Crippen LogP contribution in [0.15, 0.2) is 36.4 Å². The number of carbonyl (C=O) groups is 1. The van der Waals surface area contributed by atoms with Gasteiger partial charge in [0.15, 0.2) is 11.5 Å². The van der Waals surface area contributed by atoms with Crippen molar-refractivity contribution in [2.24, 2.45) is 0 Å². The number of nitrogens with zero attached hydrogens (tertiary/aromatic N) is 2. The highest BCUT2D eigenvalue weighted by atomic mass is 16.6. The summed E-state index contributed by atoms with van der Waals surface area (Å²) < 4.78 is 11.2. The Bertz CT molecular complexity index is 907. The van der Waals surface area contributed by atoms with Gasteiger partial charge in [0.05, 0.1) is 12.6 Å². The Labute approximate surface area is 178 Å². The van der Waals surface area contributed by atoms with Gasteiger partial charge in [0, 0.05) is 31.9 Å². The van der Waals surface area contributed by atoms with Crippen molar-refractivity contribution in [3.8, 4) is 11.5 Å². The summed E-state index contributed by atoms with van der Waals surface area (Å²) in [5.74, 6) is 1.57. The molecule has 6 nitrogen and oxygen atoms in total. The molecule has 1 fully saturated rings. The standard InChI is InChI=1S/C24H31N3O3/c1-17-5-4-6-21(18(17)2)27-11-9-26(10-12-27)16-24(28)25-19(3)20-7-8-22-23(15-20)30-14-13-29-22/h4-8,15,19H,9-14,16H2,1-3H3,(H,25,28)/t19-/m0/s1. The van der Waals surface area contributed by atoms with Crippen LogP contribution >= 0.6 is 0 Å². The van der Waals surface area contributed by atoms with Crippen molar-refractivity contribution in [3.05, 3.63) is 53.1 Å². The van der Waals surface area contributed by atoms with Gasteiger partial charge in [0.2, 0.25) is 5.91 Å². The van der Waals surface area contributed by atoms with Gasteiger partial charge in [-0.2, -0.15) is 0 Å². The van der Waals surface area contributed by atoms with E-state index in [2.05, 4.69) is 47.2 Å². The van der Waals surface area contributed by atoms with Gasteiger partial charge in [-0.1, -0.05) is 18.2 Å². The van der Waals surface area contributed by atoms with Gasteiger partial charge in [-0.15, -0.1) is 0 Å². The quantitative estimate of drug-likeness (QED) is 0.823. The SMILES string of the molecule is Cc1cccc(N2CCN(CC(=O)N[C@@H](C)c3ccc4c(c3)OCCO4)CC2)c1C. The van der Waals surface area contributed by atoms with E-state index < -0.39 is 0 Å². The van der Waals surface area contributed by atoms with E-state index in [4.69, 9.17) is 9.47 Å². The van der Waals surface area contributed by atoms with Gasteiger partial charge in [-0.3, -0.25) is 9.69 Å². The molecule has 0 aliphatic carbocycles. The normalized spacial score (nSPS) is 17.5. The molecule has 0 spiro atoms. The Morgan fingerprint density at radius 1 is 1.03 bits per heavy atom. The number of rotatable bonds is 5. The second-order valence-electron chi connectivity index (χ2n) is 8.17. The third-order valence-electron chi connectivity index (χ3n) is 6.10. The molecule has 1 N–H and O–H groups in total. The molecule has 2 aromatic rings. The minimum atomic E-state index is -0.0791. The molecule has 2 heterocycles. The number of ether oxygens (including phenoxy) is 2. The van der Waals surface area contributed by atoms with E-state index in [-0.39, 0.29) is 11.9 Å². The molecule has 2 aromatic carbocycles. The van der Waals surface area contributed by atoms with Gasteiger partial charge in [-0.25, -0.2) is 0 Å². The average molecular weight is 410 g/mol. The first-order valence-corrected chi connectivity index (χ1v) is 10.7. The molecule has 1 atom stereocenters. The molecule has 0 bridgehead atoms. The maximum absolute atomic E-state index is 12.6. The number of amides is 1. The van der Waals surface area contributed by atoms with Gasteiger partial charge in [0.1, 0.15) is 13.2 Å². The number of hydrogen-bond donors (Lipinski definition) is 1. The number of aryl methyl sites for hydroxylation is 1. The Kier molecular flexibility index (Phi) is 6.13. The van der Waals surface area contributed by atoms with Crippen LogP contribution in [0.1, 0.15) is 29.7 Å². The van der Waals surface area contributed by atoms with E-state index in [1.165, 1.54) is 16.8 Å². The Morgan fingerprint density at radius 2 is 1.77 bits per heavy atom. The molecule has 1 amide bonds. The molecule has 0 aromatic heterocycles. The molecule has 0 unspecified atom stereocenters. The lowest BCUT2D eigenvalue weighted by Gasteiger charge is -2.36. The van der Waals surface area contributed by atoms with Crippen molar-refractivity contribution in [2.75, 3.05) is 50.8 Å². The van der Waals surface area contributed by atoms with Crippen molar-refractivity contribution >= 4 is 11.6 Å². The number of benzene rings is 2. The summed E-state index contributed by atoms with van der Waals surface area (Å²) in [4.78, 5) is 17.3. The summed E-state index contributed by atoms with van der Waals surface area (Å²) in [6.07, 6.45) is 0. The van der Waals surface area contributed by atoms with Crippen molar-refractivity contribution < 1.29 is 14.3 Å². The summed E-state index contributed by atoms with van der Waals surface area (Å²) >= 11 is 0. The zero-order valence-electron chi connectivity index (χ0n) is 18.1. The lowest BCUT2D eigenvalue weighted by Crippen LogP contribution is -2.49. The first-order chi connectivity index (χ1) is 14.5. The first kappa shape index (κ1) is 20.5. The van der Waals surface area contributed by atoms with Crippen LogP contribution in [-0.2, 0) is 4.79 Å². The molecule has 2 aliphatic rings. The molecular weight excluding hydrogens is 378 g/mol. The van der Waals surface area contributed by atoms with E-state index in [9.17, 15) is 4.79 Å². The Balaban J connectivity index is 1.28. The number of carbonyl (C=O) groups excluding carboxylic acids is 1. The van der Waals surface area contributed by atoms with Crippen LogP contribution < -0.4 is 19.7 Å². The second kappa shape index (κ2) is 8.96. The van der Waals surface area contributed by atoms with Crippen LogP contribution in [0, 0.1) is 13.8 Å². The monoisotopic (exact) mass is 409 g/mol. The lowest BCUT2D eigenvalue weighted by molar-refractivity contribution is -0.123. The minimum Gasteiger partial charge on any atom is -0.486 e. The molecular formula is C24H31N3O3. The molecule has 0 saturated carbocycles. The van der Waals surface area contributed by atoms with Crippen molar-refractivity contribution in [1.29, 1.82) is 0 Å². The third kappa shape index (κ3) is 4.54. The van der Waals surface area contributed by atoms with E-state index in [1.807, 2.05) is 25.1 Å². The van der Waals surface area contributed by atoms with Gasteiger partial charge < -0.3 is 19.7 Å². The average Bonchev–Trinajstić information content (AvgIpc) is 2.76. The number of anilines is 1. The number of fused-ring (bicyclic) bond motifs is 1. The predicted octanol–water partition coefficient (Wildman–Crippen LogP) is 3.07. The smallest absolute Gasteiger partial charge is 0.234 e. The summed E-state index contributed by atoms with van der Waals surface area (Å²) in [6.45, 7) is 11.6. The van der Waals surface area contributed by atoms with Crippen LogP contribution in [-0.4, -0.2) is 56.7 Å². The van der Waals surface area contributed by atoms with E-state index in [0.717, 1.165) is 43.2 Å². The number of nitrogens with one attached hydrogen (secondary N) is 1. The fourth-order valence-corrected chi connectivity index (χ4v) is 4.13. The topological polar surface area (TPSA) is 54.0 Å². The predicted molar refractivity (Wildman–Crippen MR) is 119 cm³/mol. The van der Waals surface area contributed by atoms with Gasteiger partial charge in [0.25, 0.3) is 0 Å². The molecule has 6 heteroatoms. The zero-order chi connectivity index (χ0) is 21.1. The van der Waals surface area contributed by atoms with Gasteiger partial charge in [-0.05, 0) is 55.7 Å². The Hall–Kier alpha value is -2.73. The van der Waals surface area contributed by atoms with E-state index in [1.54, 1.807) is 0 Å². The summed E-state index contributed by atoms with van der Waals surface area (Å²) in [7, 11) is 0. The fourth-order valence-electron chi connectivity index (χ4n) is 4.13. The van der Waals surface area contributed by atoms with Crippen molar-refractivity contribution in [3.63, 3.8) is 0 Å². The highest BCUT2D eigenvalue weighted by Crippen LogP contribution is 2.32. The number of hydrogen-bond acceptors (Lipinski definition) is 5. The molecule has 160 valence electrons. The highest BCUT2D eigenvalue weighted by molar-refractivity contribution is 5.78. The van der Waals surface area contributed by atoms with E-state index in [0.29, 0.717) is 19.8 Å². The summed E-state index contributed by atoms with van der Waals surface area (Å²) in [5.41, 5.74) is 5.00. The maximum atomic E-state index is 12.6. The molecule has 1 saturated heterocycles. The number of piperazine rings is 1. The minimum absolute atomic E-state index is 0.0533. The molecule has 0 radical (unpaired) electrons. The van der Waals surface area contributed by atoms with Crippen molar-refractivity contribution in [1.82, 2.24) is 10.2 Å². The van der Waals surface area contributed by atoms with Crippen LogP contribution in [0.5, 0.6) is 11.5 Å². The second-order valence-corrected chi connectivity index (χ2v) is 8.17. The molecule has 2 aliphatic heterocycles. The highest BCUT2D eigenvalue weighted by Gasteiger charge is 2.22. The Morgan fingerprint density at radius 3 is 2.53 bits per heavy atom. The molecule has 30 heavy (non-hydrogen) atoms. The summed E-state index contributed by atoms with van der Waals surface area (Å²) in [5, 5.41) is 3.12. The largest absolute Gasteiger partial charge is 0.486 e. The summed E-state index contributed by atoms with van der Waals surface area (Å²) in [6, 6.07) is 12.3. The fraction of sp³-hybridized carbons (Fsp3) is 0.458. The van der Waals surface area contributed by atoms with Crippen LogP contribution in [0.2, 0.25) is 0 Å². The maximum Gasteiger partial charge on any atom is 0.234 e. The van der Waals surface area contributed by atoms with Crippen LogP contribution in [0.25, 0.3) is 0 Å². The first-order valence-electron chi connectivity index (χ1n) is 10.7.